The van der Waals surface area contributed by atoms with Gasteiger partial charge in [-0.25, -0.2) is 9.18 Å². The minimum Gasteiger partial charge on any atom is -0.465 e. The largest absolute Gasteiger partial charge is 0.465 e. The van der Waals surface area contributed by atoms with E-state index in [1.807, 2.05) is 32.9 Å². The van der Waals surface area contributed by atoms with Crippen molar-refractivity contribution in [3.05, 3.63) is 47.8 Å². The summed E-state index contributed by atoms with van der Waals surface area (Å²) < 4.78 is 15.6. The number of pyridine rings is 1. The lowest BCUT2D eigenvalue weighted by Crippen LogP contribution is -2.58. The molecule has 10 heteroatoms. The van der Waals surface area contributed by atoms with Gasteiger partial charge in [0.05, 0.1) is 11.6 Å². The third-order valence-electron chi connectivity index (χ3n) is 5.80. The van der Waals surface area contributed by atoms with Crippen molar-refractivity contribution in [3.8, 4) is 6.07 Å². The number of nitriles is 1. The SMILES string of the molecule is CC(C)(C)[C@H]1C(Nc2cccc3nc(Nc4ccc(C#N)c(F)c4)nn23)CCCN1C(=O)O. The molecule has 1 aliphatic rings. The third kappa shape index (κ3) is 4.53. The number of nitrogens with zero attached hydrogens (tertiary/aromatic N) is 5. The number of fused-ring (bicyclic) bond motifs is 1. The van der Waals surface area contributed by atoms with Crippen molar-refractivity contribution >= 4 is 29.2 Å². The van der Waals surface area contributed by atoms with Gasteiger partial charge in [0.25, 0.3) is 0 Å². The number of carbonyl (C=O) groups is 1. The first-order valence-corrected chi connectivity index (χ1v) is 10.8. The van der Waals surface area contributed by atoms with Gasteiger partial charge < -0.3 is 20.6 Å². The van der Waals surface area contributed by atoms with Crippen LogP contribution in [-0.2, 0) is 0 Å². The van der Waals surface area contributed by atoms with Gasteiger partial charge >= 0.3 is 6.09 Å². The predicted molar refractivity (Wildman–Crippen MR) is 122 cm³/mol. The summed E-state index contributed by atoms with van der Waals surface area (Å²) in [6.07, 6.45) is 0.675. The molecule has 1 unspecified atom stereocenters. The number of hydrogen-bond acceptors (Lipinski definition) is 6. The van der Waals surface area contributed by atoms with Crippen molar-refractivity contribution in [1.82, 2.24) is 19.5 Å². The van der Waals surface area contributed by atoms with Crippen LogP contribution in [0.1, 0.15) is 39.2 Å². The Hall–Kier alpha value is -3.87. The molecule has 3 aromatic rings. The normalized spacial score (nSPS) is 18.7. The molecular formula is C23H26FN7O2. The first-order chi connectivity index (χ1) is 15.7. The molecule has 0 radical (unpaired) electrons. The Morgan fingerprint density at radius 3 is 2.76 bits per heavy atom. The Morgan fingerprint density at radius 2 is 2.09 bits per heavy atom. The maximum absolute atomic E-state index is 13.9. The Morgan fingerprint density at radius 1 is 1.30 bits per heavy atom. The van der Waals surface area contributed by atoms with Gasteiger partial charge in [-0.3, -0.25) is 0 Å². The number of anilines is 3. The maximum atomic E-state index is 13.9. The molecular weight excluding hydrogens is 425 g/mol. The van der Waals surface area contributed by atoms with Crippen molar-refractivity contribution in [1.29, 1.82) is 5.26 Å². The summed E-state index contributed by atoms with van der Waals surface area (Å²) >= 11 is 0. The Kier molecular flexibility index (Phi) is 5.80. The fourth-order valence-electron chi connectivity index (χ4n) is 4.50. The van der Waals surface area contributed by atoms with Crippen LogP contribution in [0.25, 0.3) is 5.65 Å². The molecule has 172 valence electrons. The molecule has 0 bridgehead atoms. The number of benzene rings is 1. The van der Waals surface area contributed by atoms with Crippen molar-refractivity contribution in [2.75, 3.05) is 17.2 Å². The maximum Gasteiger partial charge on any atom is 0.407 e. The Labute approximate surface area is 190 Å². The molecule has 4 rings (SSSR count). The van der Waals surface area contributed by atoms with Crippen molar-refractivity contribution < 1.29 is 14.3 Å². The molecule has 33 heavy (non-hydrogen) atoms. The van der Waals surface area contributed by atoms with E-state index in [2.05, 4.69) is 20.7 Å². The van der Waals surface area contributed by atoms with Gasteiger partial charge in [0, 0.05) is 18.3 Å². The summed E-state index contributed by atoms with van der Waals surface area (Å²) in [6, 6.07) is 11.2. The molecule has 1 aliphatic heterocycles. The molecule has 3 N–H and O–H groups in total. The van der Waals surface area contributed by atoms with Gasteiger partial charge in [0.2, 0.25) is 5.95 Å². The van der Waals surface area contributed by atoms with Crippen LogP contribution >= 0.6 is 0 Å². The van der Waals surface area contributed by atoms with Crippen LogP contribution in [0.2, 0.25) is 0 Å². The number of likely N-dealkylation sites (tertiary alicyclic amines) is 1. The molecule has 9 nitrogen and oxygen atoms in total. The number of carboxylic acid groups (broad SMARTS) is 1. The van der Waals surface area contributed by atoms with Crippen molar-refractivity contribution in [2.45, 2.75) is 45.7 Å². The van der Waals surface area contributed by atoms with Gasteiger partial charge in [0.1, 0.15) is 17.7 Å². The lowest BCUT2D eigenvalue weighted by Gasteiger charge is -2.47. The zero-order valence-corrected chi connectivity index (χ0v) is 18.7. The average Bonchev–Trinajstić information content (AvgIpc) is 3.16. The zero-order chi connectivity index (χ0) is 23.8. The minimum absolute atomic E-state index is 0.0358. The van der Waals surface area contributed by atoms with Gasteiger partial charge in [-0.2, -0.15) is 14.8 Å². The molecule has 1 fully saturated rings. The topological polar surface area (TPSA) is 119 Å². The smallest absolute Gasteiger partial charge is 0.407 e. The highest BCUT2D eigenvalue weighted by Crippen LogP contribution is 2.34. The first kappa shape index (κ1) is 22.3. The monoisotopic (exact) mass is 451 g/mol. The molecule has 1 amide bonds. The van der Waals surface area contributed by atoms with E-state index in [1.54, 1.807) is 22.7 Å². The number of piperidine rings is 1. The van der Waals surface area contributed by atoms with E-state index in [0.717, 1.165) is 12.8 Å². The number of rotatable bonds is 4. The van der Waals surface area contributed by atoms with Gasteiger partial charge in [-0.15, -0.1) is 5.10 Å². The van der Waals surface area contributed by atoms with Crippen molar-refractivity contribution in [2.24, 2.45) is 5.41 Å². The second kappa shape index (κ2) is 8.58. The van der Waals surface area contributed by atoms with Gasteiger partial charge in [-0.05, 0) is 48.6 Å². The Bertz CT molecular complexity index is 1230. The second-order valence-electron chi connectivity index (χ2n) is 9.23. The van der Waals surface area contributed by atoms with Gasteiger partial charge in [0.15, 0.2) is 5.65 Å². The molecule has 0 spiro atoms. The van der Waals surface area contributed by atoms with E-state index in [0.29, 0.717) is 23.7 Å². The molecule has 1 saturated heterocycles. The molecule has 3 heterocycles. The lowest BCUT2D eigenvalue weighted by atomic mass is 9.77. The van der Waals surface area contributed by atoms with Gasteiger partial charge in [-0.1, -0.05) is 26.8 Å². The Balaban J connectivity index is 1.62. The molecule has 0 aliphatic carbocycles. The summed E-state index contributed by atoms with van der Waals surface area (Å²) in [7, 11) is 0. The molecule has 2 atom stereocenters. The van der Waals surface area contributed by atoms with E-state index < -0.39 is 11.9 Å². The number of amides is 1. The molecule has 2 aromatic heterocycles. The number of halogens is 1. The second-order valence-corrected chi connectivity index (χ2v) is 9.23. The van der Waals surface area contributed by atoms with Crippen LogP contribution in [0.15, 0.2) is 36.4 Å². The van der Waals surface area contributed by atoms with Crippen LogP contribution in [0, 0.1) is 22.6 Å². The third-order valence-corrected chi connectivity index (χ3v) is 5.80. The highest BCUT2D eigenvalue weighted by molar-refractivity contribution is 5.66. The molecule has 0 saturated carbocycles. The average molecular weight is 452 g/mol. The van der Waals surface area contributed by atoms with Crippen LogP contribution in [0.5, 0.6) is 0 Å². The zero-order valence-electron chi connectivity index (χ0n) is 18.7. The van der Waals surface area contributed by atoms with Crippen LogP contribution in [0.4, 0.5) is 26.6 Å². The predicted octanol–water partition coefficient (Wildman–Crippen LogP) is 4.45. The first-order valence-electron chi connectivity index (χ1n) is 10.8. The summed E-state index contributed by atoms with van der Waals surface area (Å²) in [5.41, 5.74) is 0.703. The fraction of sp³-hybridized carbons (Fsp3) is 0.391. The van der Waals surface area contributed by atoms with E-state index >= 15 is 0 Å². The summed E-state index contributed by atoms with van der Waals surface area (Å²) in [5, 5.41) is 29.6. The lowest BCUT2D eigenvalue weighted by molar-refractivity contribution is 0.0518. The fourth-order valence-corrected chi connectivity index (χ4v) is 4.50. The molecule has 1 aromatic carbocycles. The minimum atomic E-state index is -0.915. The van der Waals surface area contributed by atoms with E-state index in [4.69, 9.17) is 5.26 Å². The van der Waals surface area contributed by atoms with Crippen molar-refractivity contribution in [3.63, 3.8) is 0 Å². The number of aromatic nitrogens is 3. The number of hydrogen-bond donors (Lipinski definition) is 3. The number of nitrogens with one attached hydrogen (secondary N) is 2. The van der Waals surface area contributed by atoms with Crippen LogP contribution < -0.4 is 10.6 Å². The van der Waals surface area contributed by atoms with E-state index in [1.165, 1.54) is 17.0 Å². The highest BCUT2D eigenvalue weighted by atomic mass is 19.1. The quantitative estimate of drug-likeness (QED) is 0.536. The van der Waals surface area contributed by atoms with Crippen LogP contribution in [0.3, 0.4) is 0 Å². The van der Waals surface area contributed by atoms with Crippen LogP contribution in [-0.4, -0.2) is 49.3 Å². The van der Waals surface area contributed by atoms with E-state index in [9.17, 15) is 14.3 Å². The summed E-state index contributed by atoms with van der Waals surface area (Å²) in [5.74, 6) is 0.337. The standard InChI is InChI=1S/C23H26FN7O2/c1-23(2,3)20-17(6-5-11-30(20)22(32)33)27-18-7-4-8-19-28-21(29-31(18)19)26-15-10-9-14(13-25)16(24)12-15/h4,7-10,12,17,20,27H,5-6,11H2,1-3H3,(H,26,29)(H,32,33)/t17?,20-/m1/s1. The summed E-state index contributed by atoms with van der Waals surface area (Å²) in [4.78, 5) is 17.9. The van der Waals surface area contributed by atoms with E-state index in [-0.39, 0.29) is 29.0 Å². The summed E-state index contributed by atoms with van der Waals surface area (Å²) in [6.45, 7) is 6.64. The highest BCUT2D eigenvalue weighted by Gasteiger charge is 2.42.